The van der Waals surface area contributed by atoms with Gasteiger partial charge in [0.05, 0.1) is 5.69 Å². The average Bonchev–Trinajstić information content (AvgIpc) is 2.65. The molecule has 3 rings (SSSR count). The summed E-state index contributed by atoms with van der Waals surface area (Å²) in [5.74, 6) is 0.332. The van der Waals surface area contributed by atoms with E-state index >= 15 is 0 Å². The summed E-state index contributed by atoms with van der Waals surface area (Å²) >= 11 is 3.32. The van der Waals surface area contributed by atoms with Gasteiger partial charge in [-0.25, -0.2) is 4.98 Å². The minimum atomic E-state index is -0.187. The van der Waals surface area contributed by atoms with E-state index in [-0.39, 0.29) is 5.91 Å². The first-order valence-electron chi connectivity index (χ1n) is 8.14. The van der Waals surface area contributed by atoms with Gasteiger partial charge in [0.15, 0.2) is 0 Å². The summed E-state index contributed by atoms with van der Waals surface area (Å²) in [6, 6.07) is 15.1. The lowest BCUT2D eigenvalue weighted by Gasteiger charge is -2.06. The fourth-order valence-electron chi connectivity index (χ4n) is 2.46. The summed E-state index contributed by atoms with van der Waals surface area (Å²) in [6.07, 6.45) is 5.71. The number of carbonyl (C=O) groups excluding carboxylic acids is 1. The third kappa shape index (κ3) is 4.51. The third-order valence-electron chi connectivity index (χ3n) is 3.78. The van der Waals surface area contributed by atoms with Gasteiger partial charge in [0.25, 0.3) is 5.91 Å². The topological polar surface area (TPSA) is 54.9 Å². The lowest BCUT2D eigenvalue weighted by molar-refractivity contribution is 0.102. The van der Waals surface area contributed by atoms with Gasteiger partial charge in [-0.3, -0.25) is 9.78 Å². The monoisotopic (exact) mass is 395 g/mol. The van der Waals surface area contributed by atoms with Gasteiger partial charge in [-0.2, -0.15) is 0 Å². The molecule has 0 radical (unpaired) electrons. The molecule has 1 aromatic carbocycles. The maximum absolute atomic E-state index is 12.3. The Balaban J connectivity index is 1.70. The molecule has 0 aliphatic rings. The first kappa shape index (κ1) is 17.3. The molecule has 0 aliphatic heterocycles. The average molecular weight is 396 g/mol. The van der Waals surface area contributed by atoms with E-state index in [4.69, 9.17) is 0 Å². The van der Waals surface area contributed by atoms with Gasteiger partial charge < -0.3 is 5.32 Å². The number of benzene rings is 1. The maximum atomic E-state index is 12.3. The molecule has 0 saturated carbocycles. The Morgan fingerprint density at radius 1 is 1.00 bits per heavy atom. The summed E-state index contributed by atoms with van der Waals surface area (Å²) in [5, 5.41) is 2.78. The molecule has 0 fully saturated rings. The highest BCUT2D eigenvalue weighted by molar-refractivity contribution is 9.10. The second-order valence-corrected chi connectivity index (χ2v) is 6.61. The van der Waals surface area contributed by atoms with E-state index in [0.29, 0.717) is 11.4 Å². The number of nitrogens with one attached hydrogen (secondary N) is 1. The zero-order valence-electron chi connectivity index (χ0n) is 13.9. The number of anilines is 1. The summed E-state index contributed by atoms with van der Waals surface area (Å²) in [5.41, 5.74) is 3.71. The Bertz CT molecular complexity index is 844. The Hall–Kier alpha value is -2.53. The molecule has 25 heavy (non-hydrogen) atoms. The number of aromatic nitrogens is 2. The number of amides is 1. The Labute approximate surface area is 155 Å². The number of carbonyl (C=O) groups is 1. The fourth-order valence-corrected chi connectivity index (χ4v) is 2.70. The lowest BCUT2D eigenvalue weighted by atomic mass is 10.1. The summed E-state index contributed by atoms with van der Waals surface area (Å²) in [6.45, 7) is 2.15. The highest BCUT2D eigenvalue weighted by atomic mass is 79.9. The molecule has 2 heterocycles. The number of halogens is 1. The Morgan fingerprint density at radius 3 is 2.40 bits per heavy atom. The van der Waals surface area contributed by atoms with E-state index in [1.54, 1.807) is 24.4 Å². The van der Waals surface area contributed by atoms with Crippen LogP contribution in [0.3, 0.4) is 0 Å². The molecular weight excluding hydrogens is 378 g/mol. The van der Waals surface area contributed by atoms with Crippen molar-refractivity contribution in [3.8, 4) is 11.3 Å². The first-order chi connectivity index (χ1) is 12.2. The van der Waals surface area contributed by atoms with Crippen LogP contribution in [0.25, 0.3) is 11.3 Å². The molecule has 0 atom stereocenters. The van der Waals surface area contributed by atoms with Gasteiger partial charge >= 0.3 is 0 Å². The van der Waals surface area contributed by atoms with Crippen LogP contribution in [0.5, 0.6) is 0 Å². The number of hydrogen-bond donors (Lipinski definition) is 1. The molecular formula is C20H18BrN3O. The molecule has 126 valence electrons. The minimum absolute atomic E-state index is 0.187. The van der Waals surface area contributed by atoms with Gasteiger partial charge in [0, 0.05) is 28.0 Å². The third-order valence-corrected chi connectivity index (χ3v) is 4.24. The van der Waals surface area contributed by atoms with Crippen molar-refractivity contribution < 1.29 is 4.79 Å². The Morgan fingerprint density at radius 2 is 1.80 bits per heavy atom. The van der Waals surface area contributed by atoms with Gasteiger partial charge in [0.2, 0.25) is 0 Å². The zero-order chi connectivity index (χ0) is 17.6. The predicted molar refractivity (Wildman–Crippen MR) is 104 cm³/mol. The minimum Gasteiger partial charge on any atom is -0.307 e. The van der Waals surface area contributed by atoms with Gasteiger partial charge in [-0.15, -0.1) is 0 Å². The second kappa shape index (κ2) is 8.03. The van der Waals surface area contributed by atoms with Crippen LogP contribution in [0, 0.1) is 0 Å². The standard InChI is InChI=1S/C20H18BrN3O/c1-2-3-14-4-10-18(22-12-14)15-5-7-16(8-6-15)20(25)24-19-11-9-17(21)13-23-19/h4-13H,2-3H2,1H3,(H,23,24,25). The molecule has 5 heteroatoms. The van der Waals surface area contributed by atoms with E-state index in [0.717, 1.165) is 28.6 Å². The molecule has 0 bridgehead atoms. The largest absolute Gasteiger partial charge is 0.307 e. The van der Waals surface area contributed by atoms with Gasteiger partial charge in [-0.05, 0) is 58.2 Å². The summed E-state index contributed by atoms with van der Waals surface area (Å²) in [4.78, 5) is 20.9. The number of rotatable bonds is 5. The number of nitrogens with zero attached hydrogens (tertiary/aromatic N) is 2. The van der Waals surface area contributed by atoms with Crippen molar-refractivity contribution in [2.45, 2.75) is 19.8 Å². The van der Waals surface area contributed by atoms with Crippen LogP contribution in [0.1, 0.15) is 29.3 Å². The highest BCUT2D eigenvalue weighted by Crippen LogP contribution is 2.19. The van der Waals surface area contributed by atoms with Crippen molar-refractivity contribution in [1.82, 2.24) is 9.97 Å². The van der Waals surface area contributed by atoms with E-state index in [9.17, 15) is 4.79 Å². The molecule has 4 nitrogen and oxygen atoms in total. The van der Waals surface area contributed by atoms with Crippen LogP contribution >= 0.6 is 15.9 Å². The highest BCUT2D eigenvalue weighted by Gasteiger charge is 2.08. The normalized spacial score (nSPS) is 10.5. The van der Waals surface area contributed by atoms with Crippen LogP contribution in [0.15, 0.2) is 65.4 Å². The van der Waals surface area contributed by atoms with E-state index in [1.807, 2.05) is 30.5 Å². The van der Waals surface area contributed by atoms with Crippen LogP contribution in [-0.4, -0.2) is 15.9 Å². The molecule has 2 aromatic heterocycles. The van der Waals surface area contributed by atoms with Crippen molar-refractivity contribution in [3.05, 3.63) is 76.5 Å². The predicted octanol–water partition coefficient (Wildman–Crippen LogP) is 5.11. The first-order valence-corrected chi connectivity index (χ1v) is 8.93. The van der Waals surface area contributed by atoms with Gasteiger partial charge in [-0.1, -0.05) is 31.5 Å². The number of hydrogen-bond acceptors (Lipinski definition) is 3. The number of pyridine rings is 2. The zero-order valence-corrected chi connectivity index (χ0v) is 15.5. The molecule has 0 aliphatic carbocycles. The SMILES string of the molecule is CCCc1ccc(-c2ccc(C(=O)Nc3ccc(Br)cn3)cc2)nc1. The van der Waals surface area contributed by atoms with E-state index < -0.39 is 0 Å². The van der Waals surface area contributed by atoms with Gasteiger partial charge in [0.1, 0.15) is 5.82 Å². The van der Waals surface area contributed by atoms with Crippen LogP contribution < -0.4 is 5.32 Å². The Kier molecular flexibility index (Phi) is 5.56. The summed E-state index contributed by atoms with van der Waals surface area (Å²) in [7, 11) is 0. The van der Waals surface area contributed by atoms with Crippen molar-refractivity contribution in [2.24, 2.45) is 0 Å². The number of aryl methyl sites for hydroxylation is 1. The molecule has 3 aromatic rings. The molecule has 0 unspecified atom stereocenters. The van der Waals surface area contributed by atoms with Crippen LogP contribution in [0.4, 0.5) is 5.82 Å². The van der Waals surface area contributed by atoms with Crippen LogP contribution in [0.2, 0.25) is 0 Å². The quantitative estimate of drug-likeness (QED) is 0.652. The fraction of sp³-hybridized carbons (Fsp3) is 0.150. The molecule has 0 saturated heterocycles. The molecule has 1 N–H and O–H groups in total. The lowest BCUT2D eigenvalue weighted by Crippen LogP contribution is -2.12. The van der Waals surface area contributed by atoms with Crippen LogP contribution in [-0.2, 0) is 6.42 Å². The smallest absolute Gasteiger partial charge is 0.256 e. The van der Waals surface area contributed by atoms with Crippen molar-refractivity contribution >= 4 is 27.7 Å². The van der Waals surface area contributed by atoms with E-state index in [1.165, 1.54) is 5.56 Å². The van der Waals surface area contributed by atoms with Crippen molar-refractivity contribution in [2.75, 3.05) is 5.32 Å². The second-order valence-electron chi connectivity index (χ2n) is 5.69. The maximum Gasteiger partial charge on any atom is 0.256 e. The van der Waals surface area contributed by atoms with Crippen molar-refractivity contribution in [1.29, 1.82) is 0 Å². The molecule has 0 spiro atoms. The van der Waals surface area contributed by atoms with E-state index in [2.05, 4.69) is 44.2 Å². The van der Waals surface area contributed by atoms with Crippen molar-refractivity contribution in [3.63, 3.8) is 0 Å². The summed E-state index contributed by atoms with van der Waals surface area (Å²) < 4.78 is 0.868. The molecule has 1 amide bonds.